The Balaban J connectivity index is 1.78. The van der Waals surface area contributed by atoms with Gasteiger partial charge < -0.3 is 10.6 Å². The zero-order valence-electron chi connectivity index (χ0n) is 10.7. The molecule has 0 spiro atoms. The van der Waals surface area contributed by atoms with Gasteiger partial charge >= 0.3 is 0 Å². The quantitative estimate of drug-likeness (QED) is 0.742. The van der Waals surface area contributed by atoms with Crippen molar-refractivity contribution in [3.63, 3.8) is 0 Å². The van der Waals surface area contributed by atoms with Crippen molar-refractivity contribution >= 4 is 23.2 Å². The third kappa shape index (κ3) is 3.41. The lowest BCUT2D eigenvalue weighted by Crippen LogP contribution is -2.49. The maximum absolute atomic E-state index is 11.6. The van der Waals surface area contributed by atoms with Crippen LogP contribution in [0.5, 0.6) is 0 Å². The van der Waals surface area contributed by atoms with Crippen molar-refractivity contribution in [3.05, 3.63) is 0 Å². The van der Waals surface area contributed by atoms with E-state index >= 15 is 0 Å². The summed E-state index contributed by atoms with van der Waals surface area (Å²) in [5.41, 5.74) is 0. The highest BCUT2D eigenvalue weighted by Gasteiger charge is 2.31. The zero-order chi connectivity index (χ0) is 12.4. The Morgan fingerprint density at radius 1 is 1.18 bits per heavy atom. The molecule has 1 amide bonds. The molecule has 2 saturated carbocycles. The van der Waals surface area contributed by atoms with Crippen molar-refractivity contribution in [1.82, 2.24) is 10.6 Å². The molecule has 4 heteroatoms. The molecule has 17 heavy (non-hydrogen) atoms. The standard InChI is InChI=1S/C13H22N2OS/c1-8-4-3-5-11(9(8)2)14-13(17)15-12(16)10-6-7-10/h8-11H,3-7H2,1-2H3,(H2,14,15,16,17)/t8-,9+,11+/m0/s1. The molecule has 0 bridgehead atoms. The second kappa shape index (κ2) is 5.34. The second-order valence-electron chi connectivity index (χ2n) is 5.61. The molecule has 2 rings (SSSR count). The summed E-state index contributed by atoms with van der Waals surface area (Å²) in [6.45, 7) is 4.57. The third-order valence-electron chi connectivity index (χ3n) is 4.21. The summed E-state index contributed by atoms with van der Waals surface area (Å²) in [6.07, 6.45) is 5.75. The summed E-state index contributed by atoms with van der Waals surface area (Å²) in [6, 6.07) is 0.422. The number of carbonyl (C=O) groups is 1. The van der Waals surface area contributed by atoms with Crippen LogP contribution in [0.1, 0.15) is 46.0 Å². The van der Waals surface area contributed by atoms with Gasteiger partial charge in [-0.3, -0.25) is 4.79 Å². The minimum absolute atomic E-state index is 0.0963. The maximum atomic E-state index is 11.6. The Labute approximate surface area is 109 Å². The SMILES string of the molecule is C[C@@H]1[C@@H](C)CCC[C@H]1NC(=S)NC(=O)C1CC1. The summed E-state index contributed by atoms with van der Waals surface area (Å²) in [7, 11) is 0. The first-order valence-corrected chi connectivity index (χ1v) is 7.10. The summed E-state index contributed by atoms with van der Waals surface area (Å²) < 4.78 is 0. The first-order chi connectivity index (χ1) is 8.08. The number of rotatable bonds is 2. The highest BCUT2D eigenvalue weighted by Crippen LogP contribution is 2.30. The van der Waals surface area contributed by atoms with E-state index in [4.69, 9.17) is 12.2 Å². The van der Waals surface area contributed by atoms with Crippen LogP contribution in [0.4, 0.5) is 0 Å². The Morgan fingerprint density at radius 2 is 1.88 bits per heavy atom. The van der Waals surface area contributed by atoms with Gasteiger partial charge in [-0.15, -0.1) is 0 Å². The second-order valence-corrected chi connectivity index (χ2v) is 6.02. The molecular weight excluding hydrogens is 232 g/mol. The highest BCUT2D eigenvalue weighted by molar-refractivity contribution is 7.80. The van der Waals surface area contributed by atoms with Crippen LogP contribution in [0.25, 0.3) is 0 Å². The molecule has 0 aliphatic heterocycles. The predicted molar refractivity (Wildman–Crippen MR) is 72.6 cm³/mol. The predicted octanol–water partition coefficient (Wildman–Crippen LogP) is 2.21. The van der Waals surface area contributed by atoms with Crippen molar-refractivity contribution in [2.45, 2.75) is 52.0 Å². The van der Waals surface area contributed by atoms with E-state index in [0.717, 1.165) is 25.2 Å². The van der Waals surface area contributed by atoms with Crippen LogP contribution in [0.2, 0.25) is 0 Å². The van der Waals surface area contributed by atoms with Crippen LogP contribution in [0, 0.1) is 17.8 Å². The van der Waals surface area contributed by atoms with Crippen LogP contribution < -0.4 is 10.6 Å². The van der Waals surface area contributed by atoms with Gasteiger partial charge in [0, 0.05) is 12.0 Å². The first-order valence-electron chi connectivity index (χ1n) is 6.69. The lowest BCUT2D eigenvalue weighted by atomic mass is 9.78. The van der Waals surface area contributed by atoms with Crippen LogP contribution >= 0.6 is 12.2 Å². The van der Waals surface area contributed by atoms with Gasteiger partial charge in [0.25, 0.3) is 0 Å². The van der Waals surface area contributed by atoms with Gasteiger partial charge in [-0.1, -0.05) is 26.7 Å². The summed E-state index contributed by atoms with van der Waals surface area (Å²) in [4.78, 5) is 11.6. The molecule has 2 aliphatic rings. The smallest absolute Gasteiger partial charge is 0.229 e. The molecule has 2 N–H and O–H groups in total. The lowest BCUT2D eigenvalue weighted by molar-refractivity contribution is -0.120. The van der Waals surface area contributed by atoms with Gasteiger partial charge in [-0.2, -0.15) is 0 Å². The molecule has 0 unspecified atom stereocenters. The van der Waals surface area contributed by atoms with E-state index in [2.05, 4.69) is 24.5 Å². The Kier molecular flexibility index (Phi) is 4.02. The minimum atomic E-state index is 0.0963. The van der Waals surface area contributed by atoms with Crippen molar-refractivity contribution in [3.8, 4) is 0 Å². The average Bonchev–Trinajstić information content (AvgIpc) is 3.08. The molecule has 0 aromatic rings. The maximum Gasteiger partial charge on any atom is 0.229 e. The molecule has 2 aliphatic carbocycles. The number of hydrogen-bond acceptors (Lipinski definition) is 2. The van der Waals surface area contributed by atoms with E-state index in [-0.39, 0.29) is 11.8 Å². The Hall–Kier alpha value is -0.640. The number of nitrogens with one attached hydrogen (secondary N) is 2. The monoisotopic (exact) mass is 254 g/mol. The zero-order valence-corrected chi connectivity index (χ0v) is 11.5. The number of carbonyl (C=O) groups excluding carboxylic acids is 1. The van der Waals surface area contributed by atoms with Gasteiger partial charge in [-0.05, 0) is 43.3 Å². The molecule has 2 fully saturated rings. The largest absolute Gasteiger partial charge is 0.359 e. The lowest BCUT2D eigenvalue weighted by Gasteiger charge is -2.35. The van der Waals surface area contributed by atoms with Gasteiger partial charge in [0.05, 0.1) is 0 Å². The number of thiocarbonyl (C=S) groups is 1. The average molecular weight is 254 g/mol. The normalized spacial score (nSPS) is 32.9. The van der Waals surface area contributed by atoms with Gasteiger partial charge in [0.2, 0.25) is 5.91 Å². The Bertz CT molecular complexity index is 315. The third-order valence-corrected chi connectivity index (χ3v) is 4.43. The molecule has 96 valence electrons. The topological polar surface area (TPSA) is 41.1 Å². The highest BCUT2D eigenvalue weighted by atomic mass is 32.1. The number of amides is 1. The first kappa shape index (κ1) is 12.8. The summed E-state index contributed by atoms with van der Waals surface area (Å²) >= 11 is 5.21. The van der Waals surface area contributed by atoms with Crippen LogP contribution in [-0.2, 0) is 4.79 Å². The van der Waals surface area contributed by atoms with Gasteiger partial charge in [0.15, 0.2) is 5.11 Å². The van der Waals surface area contributed by atoms with E-state index in [1.165, 1.54) is 12.8 Å². The van der Waals surface area contributed by atoms with Gasteiger partial charge in [0.1, 0.15) is 0 Å². The van der Waals surface area contributed by atoms with Crippen molar-refractivity contribution in [2.24, 2.45) is 17.8 Å². The van der Waals surface area contributed by atoms with E-state index in [0.29, 0.717) is 17.1 Å². The fourth-order valence-electron chi connectivity index (χ4n) is 2.55. The molecule has 0 aromatic heterocycles. The molecule has 3 atom stereocenters. The summed E-state index contributed by atoms with van der Waals surface area (Å²) in [5, 5.41) is 6.64. The molecule has 3 nitrogen and oxygen atoms in total. The van der Waals surface area contributed by atoms with Crippen molar-refractivity contribution in [2.75, 3.05) is 0 Å². The molecular formula is C13H22N2OS. The number of hydrogen-bond donors (Lipinski definition) is 2. The molecule has 0 radical (unpaired) electrons. The van der Waals surface area contributed by atoms with E-state index < -0.39 is 0 Å². The summed E-state index contributed by atoms with van der Waals surface area (Å²) in [5.74, 6) is 1.68. The Morgan fingerprint density at radius 3 is 2.53 bits per heavy atom. The van der Waals surface area contributed by atoms with E-state index in [9.17, 15) is 4.79 Å². The van der Waals surface area contributed by atoms with Crippen molar-refractivity contribution < 1.29 is 4.79 Å². The van der Waals surface area contributed by atoms with Crippen LogP contribution in [-0.4, -0.2) is 17.1 Å². The van der Waals surface area contributed by atoms with E-state index in [1.54, 1.807) is 0 Å². The minimum Gasteiger partial charge on any atom is -0.359 e. The van der Waals surface area contributed by atoms with E-state index in [1.807, 2.05) is 0 Å². The van der Waals surface area contributed by atoms with Crippen molar-refractivity contribution in [1.29, 1.82) is 0 Å². The van der Waals surface area contributed by atoms with Crippen LogP contribution in [0.3, 0.4) is 0 Å². The fourth-order valence-corrected chi connectivity index (χ4v) is 2.80. The fraction of sp³-hybridized carbons (Fsp3) is 0.846. The van der Waals surface area contributed by atoms with Gasteiger partial charge in [-0.25, -0.2) is 0 Å². The molecule has 0 saturated heterocycles. The molecule has 0 heterocycles. The van der Waals surface area contributed by atoms with Crippen LogP contribution in [0.15, 0.2) is 0 Å². The molecule has 0 aromatic carbocycles.